The third-order valence-electron chi connectivity index (χ3n) is 4.06. The number of hydrogen-bond acceptors (Lipinski definition) is 3. The van der Waals surface area contributed by atoms with E-state index in [4.69, 9.17) is 5.73 Å². The summed E-state index contributed by atoms with van der Waals surface area (Å²) in [6.07, 6.45) is 2.30. The second-order valence-electron chi connectivity index (χ2n) is 6.10. The van der Waals surface area contributed by atoms with Gasteiger partial charge in [0.1, 0.15) is 11.6 Å². The third kappa shape index (κ3) is 2.14. The van der Waals surface area contributed by atoms with E-state index in [9.17, 15) is 0 Å². The smallest absolute Gasteiger partial charge is 0.146 e. The van der Waals surface area contributed by atoms with E-state index in [0.29, 0.717) is 12.5 Å². The second-order valence-corrected chi connectivity index (χ2v) is 6.10. The first-order valence-electron chi connectivity index (χ1n) is 7.35. The fourth-order valence-electron chi connectivity index (χ4n) is 2.92. The van der Waals surface area contributed by atoms with Crippen molar-refractivity contribution in [1.82, 2.24) is 14.8 Å². The first kappa shape index (κ1) is 13.3. The van der Waals surface area contributed by atoms with Crippen LogP contribution >= 0.6 is 0 Å². The van der Waals surface area contributed by atoms with Gasteiger partial charge in [-0.05, 0) is 24.3 Å². The van der Waals surface area contributed by atoms with Crippen molar-refractivity contribution in [3.05, 3.63) is 47.5 Å². The molecule has 1 aliphatic carbocycles. The van der Waals surface area contributed by atoms with Crippen LogP contribution in [0.4, 0.5) is 0 Å². The van der Waals surface area contributed by atoms with Crippen LogP contribution in [0.2, 0.25) is 0 Å². The normalized spacial score (nSPS) is 16.6. The Labute approximate surface area is 120 Å². The van der Waals surface area contributed by atoms with Crippen LogP contribution in [-0.2, 0) is 18.5 Å². The lowest BCUT2D eigenvalue weighted by Crippen LogP contribution is -2.20. The maximum atomic E-state index is 5.82. The molecule has 4 heteroatoms. The zero-order chi connectivity index (χ0) is 14.2. The molecule has 0 radical (unpaired) electrons. The average Bonchev–Trinajstić information content (AvgIpc) is 3.16. The Bertz CT molecular complexity index is 582. The minimum atomic E-state index is 0.0660. The molecule has 2 N–H and O–H groups in total. The minimum absolute atomic E-state index is 0.0660. The van der Waals surface area contributed by atoms with Crippen LogP contribution in [0.25, 0.3) is 0 Å². The molecule has 2 aromatic rings. The van der Waals surface area contributed by atoms with Gasteiger partial charge in [-0.25, -0.2) is 0 Å². The van der Waals surface area contributed by atoms with Crippen LogP contribution in [0.3, 0.4) is 0 Å². The van der Waals surface area contributed by atoms with Crippen molar-refractivity contribution in [2.75, 3.05) is 0 Å². The van der Waals surface area contributed by atoms with Gasteiger partial charge >= 0.3 is 0 Å². The van der Waals surface area contributed by atoms with Crippen molar-refractivity contribution in [3.8, 4) is 0 Å². The molecule has 0 bridgehead atoms. The largest absolute Gasteiger partial charge is 0.324 e. The monoisotopic (exact) mass is 270 g/mol. The average molecular weight is 270 g/mol. The molecule has 1 heterocycles. The summed E-state index contributed by atoms with van der Waals surface area (Å²) in [6.45, 7) is 5.81. The maximum absolute atomic E-state index is 5.82. The minimum Gasteiger partial charge on any atom is -0.324 e. The van der Waals surface area contributed by atoms with E-state index in [-0.39, 0.29) is 5.41 Å². The standard InChI is InChI=1S/C16H22N4/c1-12(2)11-20-14(10-17)18-19-15(20)16(8-9-16)13-6-4-3-5-7-13/h3-7,12H,8-11,17H2,1-2H3. The Morgan fingerprint density at radius 1 is 1.20 bits per heavy atom. The van der Waals surface area contributed by atoms with Crippen molar-refractivity contribution >= 4 is 0 Å². The van der Waals surface area contributed by atoms with Crippen LogP contribution in [-0.4, -0.2) is 14.8 Å². The van der Waals surface area contributed by atoms with Crippen molar-refractivity contribution in [2.24, 2.45) is 11.7 Å². The zero-order valence-electron chi connectivity index (χ0n) is 12.2. The lowest BCUT2D eigenvalue weighted by atomic mass is 9.95. The highest BCUT2D eigenvalue weighted by atomic mass is 15.3. The summed E-state index contributed by atoms with van der Waals surface area (Å²) in [7, 11) is 0. The molecule has 0 saturated heterocycles. The molecule has 1 aromatic carbocycles. The fourth-order valence-corrected chi connectivity index (χ4v) is 2.92. The summed E-state index contributed by atoms with van der Waals surface area (Å²) in [5, 5.41) is 8.79. The van der Waals surface area contributed by atoms with Gasteiger partial charge in [0.05, 0.1) is 12.0 Å². The molecule has 0 unspecified atom stereocenters. The molecule has 106 valence electrons. The van der Waals surface area contributed by atoms with E-state index < -0.39 is 0 Å². The molecule has 20 heavy (non-hydrogen) atoms. The Kier molecular flexibility index (Phi) is 3.34. The van der Waals surface area contributed by atoms with Crippen molar-refractivity contribution in [2.45, 2.75) is 45.2 Å². The quantitative estimate of drug-likeness (QED) is 0.908. The highest BCUT2D eigenvalue weighted by molar-refractivity contribution is 5.39. The van der Waals surface area contributed by atoms with Gasteiger partial charge < -0.3 is 10.3 Å². The molecule has 1 fully saturated rings. The lowest BCUT2D eigenvalue weighted by Gasteiger charge is -2.19. The Balaban J connectivity index is 2.04. The summed E-state index contributed by atoms with van der Waals surface area (Å²) in [4.78, 5) is 0. The number of aromatic nitrogens is 3. The molecule has 1 aliphatic rings. The van der Waals surface area contributed by atoms with Gasteiger partial charge in [-0.3, -0.25) is 0 Å². The lowest BCUT2D eigenvalue weighted by molar-refractivity contribution is 0.481. The van der Waals surface area contributed by atoms with Crippen molar-refractivity contribution < 1.29 is 0 Å². The predicted molar refractivity (Wildman–Crippen MR) is 79.2 cm³/mol. The third-order valence-corrected chi connectivity index (χ3v) is 4.06. The zero-order valence-corrected chi connectivity index (χ0v) is 12.2. The van der Waals surface area contributed by atoms with Crippen molar-refractivity contribution in [1.29, 1.82) is 0 Å². The second kappa shape index (κ2) is 5.02. The van der Waals surface area contributed by atoms with Gasteiger partial charge in [0.15, 0.2) is 0 Å². The number of nitrogens with two attached hydrogens (primary N) is 1. The van der Waals surface area contributed by atoms with Gasteiger partial charge in [-0.15, -0.1) is 10.2 Å². The summed E-state index contributed by atoms with van der Waals surface area (Å²) in [6, 6.07) is 10.7. The van der Waals surface area contributed by atoms with E-state index in [2.05, 4.69) is 58.9 Å². The summed E-state index contributed by atoms with van der Waals surface area (Å²) >= 11 is 0. The van der Waals surface area contributed by atoms with Crippen LogP contribution in [0.5, 0.6) is 0 Å². The van der Waals surface area contributed by atoms with E-state index in [1.807, 2.05) is 0 Å². The highest BCUT2D eigenvalue weighted by Gasteiger charge is 2.50. The molecule has 0 aliphatic heterocycles. The van der Waals surface area contributed by atoms with Gasteiger partial charge in [-0.2, -0.15) is 0 Å². The van der Waals surface area contributed by atoms with Gasteiger partial charge in [-0.1, -0.05) is 44.2 Å². The molecular formula is C16H22N4. The SMILES string of the molecule is CC(C)Cn1c(CN)nnc1C1(c2ccccc2)CC1. The topological polar surface area (TPSA) is 56.7 Å². The van der Waals surface area contributed by atoms with E-state index in [0.717, 1.165) is 31.0 Å². The molecular weight excluding hydrogens is 248 g/mol. The molecule has 0 atom stereocenters. The summed E-state index contributed by atoms with van der Waals surface area (Å²) in [5.41, 5.74) is 7.23. The predicted octanol–water partition coefficient (Wildman–Crippen LogP) is 2.47. The molecule has 0 spiro atoms. The number of nitrogens with zero attached hydrogens (tertiary/aromatic N) is 3. The molecule has 3 rings (SSSR count). The van der Waals surface area contributed by atoms with Gasteiger partial charge in [0.25, 0.3) is 0 Å². The number of rotatable bonds is 5. The van der Waals surface area contributed by atoms with Crippen LogP contribution < -0.4 is 5.73 Å². The van der Waals surface area contributed by atoms with E-state index in [1.165, 1.54) is 5.56 Å². The molecule has 0 amide bonds. The number of benzene rings is 1. The Morgan fingerprint density at radius 3 is 2.45 bits per heavy atom. The highest BCUT2D eigenvalue weighted by Crippen LogP contribution is 2.52. The maximum Gasteiger partial charge on any atom is 0.146 e. The van der Waals surface area contributed by atoms with E-state index in [1.54, 1.807) is 0 Å². The van der Waals surface area contributed by atoms with Crippen LogP contribution in [0.1, 0.15) is 43.9 Å². The van der Waals surface area contributed by atoms with Gasteiger partial charge in [0, 0.05) is 6.54 Å². The molecule has 1 aromatic heterocycles. The van der Waals surface area contributed by atoms with Gasteiger partial charge in [0.2, 0.25) is 0 Å². The molecule has 1 saturated carbocycles. The Morgan fingerprint density at radius 2 is 1.90 bits per heavy atom. The van der Waals surface area contributed by atoms with Crippen molar-refractivity contribution in [3.63, 3.8) is 0 Å². The number of hydrogen-bond donors (Lipinski definition) is 1. The summed E-state index contributed by atoms with van der Waals surface area (Å²) in [5.74, 6) is 2.55. The first-order valence-corrected chi connectivity index (χ1v) is 7.35. The molecule has 4 nitrogen and oxygen atoms in total. The van der Waals surface area contributed by atoms with Crippen LogP contribution in [0, 0.1) is 5.92 Å². The summed E-state index contributed by atoms with van der Waals surface area (Å²) < 4.78 is 2.24. The van der Waals surface area contributed by atoms with Crippen LogP contribution in [0.15, 0.2) is 30.3 Å². The first-order chi connectivity index (χ1) is 9.67. The Hall–Kier alpha value is -1.68. The van der Waals surface area contributed by atoms with E-state index >= 15 is 0 Å². The fraction of sp³-hybridized carbons (Fsp3) is 0.500.